The molecular formula is C25H29N3O3. The molecule has 1 atom stereocenters. The molecule has 2 aliphatic heterocycles. The molecule has 0 bridgehead atoms. The maximum Gasteiger partial charge on any atom is 0.322 e. The monoisotopic (exact) mass is 419 g/mol. The lowest BCUT2D eigenvalue weighted by molar-refractivity contribution is -0.126. The van der Waals surface area contributed by atoms with Gasteiger partial charge in [-0.25, -0.2) is 4.79 Å². The first-order chi connectivity index (χ1) is 15.1. The van der Waals surface area contributed by atoms with Gasteiger partial charge in [-0.1, -0.05) is 60.7 Å². The van der Waals surface area contributed by atoms with E-state index >= 15 is 0 Å². The number of likely N-dealkylation sites (tertiary alicyclic amines) is 1. The van der Waals surface area contributed by atoms with Crippen LogP contribution in [0.2, 0.25) is 0 Å². The summed E-state index contributed by atoms with van der Waals surface area (Å²) >= 11 is 0. The number of carbonyl (C=O) groups is 2. The van der Waals surface area contributed by atoms with E-state index in [1.165, 1.54) is 0 Å². The van der Waals surface area contributed by atoms with Crippen LogP contribution in [0.15, 0.2) is 60.7 Å². The van der Waals surface area contributed by atoms with E-state index in [4.69, 9.17) is 4.74 Å². The molecule has 0 saturated carbocycles. The zero-order valence-electron chi connectivity index (χ0n) is 17.8. The molecule has 2 N–H and O–H groups in total. The molecule has 2 aromatic rings. The van der Waals surface area contributed by atoms with E-state index in [2.05, 4.69) is 27.7 Å². The van der Waals surface area contributed by atoms with Crippen molar-refractivity contribution in [2.45, 2.75) is 24.8 Å². The number of nitrogens with one attached hydrogen (secondary N) is 2. The van der Waals surface area contributed by atoms with E-state index in [0.717, 1.165) is 49.4 Å². The fourth-order valence-corrected chi connectivity index (χ4v) is 4.72. The molecule has 2 saturated heterocycles. The second-order valence-corrected chi connectivity index (χ2v) is 8.26. The van der Waals surface area contributed by atoms with Gasteiger partial charge in [0.25, 0.3) is 5.91 Å². The molecule has 2 fully saturated rings. The second kappa shape index (κ2) is 9.35. The highest BCUT2D eigenvalue weighted by Gasteiger charge is 2.52. The van der Waals surface area contributed by atoms with Crippen LogP contribution in [-0.2, 0) is 11.2 Å². The molecule has 162 valence electrons. The zero-order chi connectivity index (χ0) is 21.7. The molecule has 0 spiro atoms. The second-order valence-electron chi connectivity index (χ2n) is 8.26. The number of carbonyl (C=O) groups excluding carboxylic acids is 2. The van der Waals surface area contributed by atoms with Gasteiger partial charge < -0.3 is 10.1 Å². The van der Waals surface area contributed by atoms with Crippen molar-refractivity contribution in [2.24, 2.45) is 5.92 Å². The smallest absolute Gasteiger partial charge is 0.322 e. The third-order valence-electron chi connectivity index (χ3n) is 6.38. The van der Waals surface area contributed by atoms with Crippen LogP contribution in [0.5, 0.6) is 5.75 Å². The van der Waals surface area contributed by atoms with Crippen molar-refractivity contribution < 1.29 is 14.3 Å². The Morgan fingerprint density at radius 2 is 1.77 bits per heavy atom. The number of imide groups is 1. The van der Waals surface area contributed by atoms with Gasteiger partial charge in [0.2, 0.25) is 0 Å². The summed E-state index contributed by atoms with van der Waals surface area (Å²) in [4.78, 5) is 27.3. The van der Waals surface area contributed by atoms with Gasteiger partial charge in [0, 0.05) is 18.5 Å². The number of amides is 3. The molecule has 2 heterocycles. The Kier molecular flexibility index (Phi) is 6.37. The number of hydrogen-bond acceptors (Lipinski definition) is 4. The molecule has 31 heavy (non-hydrogen) atoms. The normalized spacial score (nSPS) is 22.5. The number of rotatable bonds is 7. The van der Waals surface area contributed by atoms with Crippen molar-refractivity contribution in [3.8, 4) is 5.75 Å². The van der Waals surface area contributed by atoms with Crippen molar-refractivity contribution in [1.82, 2.24) is 15.5 Å². The van der Waals surface area contributed by atoms with Crippen LogP contribution in [0.4, 0.5) is 4.79 Å². The molecule has 0 aliphatic carbocycles. The Morgan fingerprint density at radius 1 is 1.06 bits per heavy atom. The Morgan fingerprint density at radius 3 is 2.45 bits per heavy atom. The van der Waals surface area contributed by atoms with Crippen LogP contribution in [-0.4, -0.2) is 49.1 Å². The van der Waals surface area contributed by atoms with Crippen LogP contribution in [0.25, 0.3) is 6.08 Å². The number of urea groups is 1. The van der Waals surface area contributed by atoms with Crippen LogP contribution in [0.3, 0.4) is 0 Å². The number of para-hydroxylation sites is 1. The van der Waals surface area contributed by atoms with Crippen LogP contribution >= 0.6 is 0 Å². The lowest BCUT2D eigenvalue weighted by atomic mass is 9.74. The average molecular weight is 420 g/mol. The van der Waals surface area contributed by atoms with Gasteiger partial charge in [-0.3, -0.25) is 15.0 Å². The Bertz CT molecular complexity index is 951. The maximum atomic E-state index is 12.9. The van der Waals surface area contributed by atoms with Crippen LogP contribution in [0.1, 0.15) is 24.0 Å². The predicted octanol–water partition coefficient (Wildman–Crippen LogP) is 3.24. The average Bonchev–Trinajstić information content (AvgIpc) is 3.08. The molecule has 2 aromatic carbocycles. The van der Waals surface area contributed by atoms with E-state index in [1.807, 2.05) is 54.6 Å². The lowest BCUT2D eigenvalue weighted by Crippen LogP contribution is -2.57. The van der Waals surface area contributed by atoms with E-state index in [-0.39, 0.29) is 17.9 Å². The van der Waals surface area contributed by atoms with Crippen molar-refractivity contribution in [2.75, 3.05) is 26.7 Å². The summed E-state index contributed by atoms with van der Waals surface area (Å²) in [5.41, 5.74) is 1.26. The molecule has 6 nitrogen and oxygen atoms in total. The van der Waals surface area contributed by atoms with Crippen molar-refractivity contribution in [1.29, 1.82) is 0 Å². The summed E-state index contributed by atoms with van der Waals surface area (Å²) < 4.78 is 5.40. The first-order valence-electron chi connectivity index (χ1n) is 10.8. The number of ether oxygens (including phenoxy) is 1. The Hall–Kier alpha value is -3.12. The minimum atomic E-state index is -0.863. The zero-order valence-corrected chi connectivity index (χ0v) is 17.8. The molecule has 4 rings (SSSR count). The Balaban J connectivity index is 1.39. The molecule has 3 amide bonds. The summed E-state index contributed by atoms with van der Waals surface area (Å²) in [7, 11) is 1.68. The molecule has 0 aromatic heterocycles. The van der Waals surface area contributed by atoms with Gasteiger partial charge in [0.15, 0.2) is 0 Å². The molecule has 6 heteroatoms. The van der Waals surface area contributed by atoms with Gasteiger partial charge in [0.05, 0.1) is 7.11 Å². The summed E-state index contributed by atoms with van der Waals surface area (Å²) in [5, 5.41) is 5.46. The minimum Gasteiger partial charge on any atom is -0.496 e. The van der Waals surface area contributed by atoms with Crippen LogP contribution < -0.4 is 15.4 Å². The van der Waals surface area contributed by atoms with E-state index in [1.54, 1.807) is 7.11 Å². The third kappa shape index (κ3) is 4.64. The highest BCUT2D eigenvalue weighted by molar-refractivity contribution is 6.07. The largest absolute Gasteiger partial charge is 0.496 e. The summed E-state index contributed by atoms with van der Waals surface area (Å²) in [5.74, 6) is 0.771. The van der Waals surface area contributed by atoms with E-state index in [9.17, 15) is 9.59 Å². The SMILES string of the molecule is COc1ccccc1/C=C/CN1CCC(C2(Cc3ccccc3)NC(=O)NC2=O)CC1. The standard InChI is InChI=1S/C25H29N3O3/c1-31-22-12-6-5-10-20(22)11-7-15-28-16-13-21(14-17-28)25(23(29)26-24(30)27-25)18-19-8-3-2-4-9-19/h2-12,21H,13-18H2,1H3,(H2,26,27,29,30)/b11-7+. The lowest BCUT2D eigenvalue weighted by Gasteiger charge is -2.40. The quantitative estimate of drug-likeness (QED) is 0.676. The van der Waals surface area contributed by atoms with Crippen LogP contribution in [0, 0.1) is 5.92 Å². The van der Waals surface area contributed by atoms with Gasteiger partial charge in [-0.15, -0.1) is 0 Å². The number of methoxy groups -OCH3 is 1. The Labute approximate surface area is 183 Å². The highest BCUT2D eigenvalue weighted by Crippen LogP contribution is 2.34. The number of hydrogen-bond donors (Lipinski definition) is 2. The van der Waals surface area contributed by atoms with Gasteiger partial charge in [0.1, 0.15) is 11.3 Å². The topological polar surface area (TPSA) is 70.7 Å². The van der Waals surface area contributed by atoms with Gasteiger partial charge in [-0.2, -0.15) is 0 Å². The van der Waals surface area contributed by atoms with Gasteiger partial charge >= 0.3 is 6.03 Å². The fraction of sp³-hybridized carbons (Fsp3) is 0.360. The van der Waals surface area contributed by atoms with E-state index < -0.39 is 5.54 Å². The number of benzene rings is 2. The first-order valence-corrected chi connectivity index (χ1v) is 10.8. The predicted molar refractivity (Wildman–Crippen MR) is 121 cm³/mol. The van der Waals surface area contributed by atoms with Crippen molar-refractivity contribution in [3.63, 3.8) is 0 Å². The minimum absolute atomic E-state index is 0.105. The van der Waals surface area contributed by atoms with Gasteiger partial charge in [-0.05, 0) is 43.5 Å². The molecular weight excluding hydrogens is 390 g/mol. The van der Waals surface area contributed by atoms with Crippen molar-refractivity contribution >= 4 is 18.0 Å². The maximum absolute atomic E-state index is 12.9. The summed E-state index contributed by atoms with van der Waals surface area (Å²) in [6.07, 6.45) is 6.49. The van der Waals surface area contributed by atoms with Crippen molar-refractivity contribution in [3.05, 3.63) is 71.8 Å². The number of piperidine rings is 1. The third-order valence-corrected chi connectivity index (χ3v) is 6.38. The molecule has 0 radical (unpaired) electrons. The van der Waals surface area contributed by atoms with E-state index in [0.29, 0.717) is 6.42 Å². The highest BCUT2D eigenvalue weighted by atomic mass is 16.5. The fourth-order valence-electron chi connectivity index (χ4n) is 4.72. The number of nitrogens with zero attached hydrogens (tertiary/aromatic N) is 1. The molecule has 1 unspecified atom stereocenters. The molecule has 2 aliphatic rings. The first kappa shape index (κ1) is 21.1. The summed E-state index contributed by atoms with van der Waals surface area (Å²) in [6.45, 7) is 2.62. The summed E-state index contributed by atoms with van der Waals surface area (Å²) in [6, 6.07) is 17.5.